The lowest BCUT2D eigenvalue weighted by molar-refractivity contribution is 0.833. The largest absolute Gasteiger partial charge is 0.379 e. The molecular weight excluding hydrogens is 262 g/mol. The van der Waals surface area contributed by atoms with Crippen molar-refractivity contribution in [3.8, 4) is 0 Å². The molecule has 0 amide bonds. The molecule has 0 saturated heterocycles. The van der Waals surface area contributed by atoms with Gasteiger partial charge in [-0.1, -0.05) is 30.4 Å². The van der Waals surface area contributed by atoms with Crippen LogP contribution in [0.25, 0.3) is 0 Å². The maximum atomic E-state index is 12.2. The lowest BCUT2D eigenvalue weighted by Crippen LogP contribution is -2.18. The highest BCUT2D eigenvalue weighted by atomic mass is 16.1. The predicted octanol–water partition coefficient (Wildman–Crippen LogP) is 2.98. The Hall–Kier alpha value is -2.62. The summed E-state index contributed by atoms with van der Waals surface area (Å²) in [4.78, 5) is 19.2. The van der Waals surface area contributed by atoms with Crippen LogP contribution in [-0.4, -0.2) is 9.97 Å². The summed E-state index contributed by atoms with van der Waals surface area (Å²) in [6, 6.07) is 7.72. The third-order valence-electron chi connectivity index (χ3n) is 3.54. The second-order valence-corrected chi connectivity index (χ2v) is 4.96. The number of anilines is 1. The van der Waals surface area contributed by atoms with Gasteiger partial charge in [0.25, 0.3) is 5.56 Å². The summed E-state index contributed by atoms with van der Waals surface area (Å²) >= 11 is 0. The van der Waals surface area contributed by atoms with E-state index in [0.29, 0.717) is 6.54 Å². The van der Waals surface area contributed by atoms with Gasteiger partial charge in [0, 0.05) is 29.6 Å². The number of pyridine rings is 2. The molecule has 2 N–H and O–H groups in total. The molecule has 106 valence electrons. The number of nitrogens with zero attached hydrogens (tertiary/aromatic N) is 1. The predicted molar refractivity (Wildman–Crippen MR) is 84.3 cm³/mol. The summed E-state index contributed by atoms with van der Waals surface area (Å²) in [5.41, 5.74) is 2.57. The van der Waals surface area contributed by atoms with Crippen molar-refractivity contribution in [3.05, 3.63) is 82.6 Å². The van der Waals surface area contributed by atoms with Crippen LogP contribution in [0, 0.1) is 0 Å². The van der Waals surface area contributed by atoms with E-state index in [0.717, 1.165) is 23.4 Å². The molecule has 3 rings (SSSR count). The first-order chi connectivity index (χ1) is 10.3. The summed E-state index contributed by atoms with van der Waals surface area (Å²) in [6.07, 6.45) is 12.4. The molecule has 1 aliphatic carbocycles. The Morgan fingerprint density at radius 3 is 3.00 bits per heavy atom. The third-order valence-corrected chi connectivity index (χ3v) is 3.54. The fraction of sp³-hybridized carbons (Fsp3) is 0.176. The minimum absolute atomic E-state index is 0.0361. The van der Waals surface area contributed by atoms with Crippen LogP contribution in [0.1, 0.15) is 23.6 Å². The molecule has 2 aromatic heterocycles. The van der Waals surface area contributed by atoms with Gasteiger partial charge in [-0.3, -0.25) is 9.78 Å². The number of rotatable bonds is 4. The number of aromatic nitrogens is 2. The van der Waals surface area contributed by atoms with E-state index in [1.807, 2.05) is 36.4 Å². The highest BCUT2D eigenvalue weighted by Crippen LogP contribution is 2.27. The molecular formula is C17H17N3O. The average Bonchev–Trinajstić information content (AvgIpc) is 2.55. The molecule has 0 aromatic carbocycles. The molecule has 0 bridgehead atoms. The number of hydrogen-bond acceptors (Lipinski definition) is 3. The average molecular weight is 279 g/mol. The van der Waals surface area contributed by atoms with Gasteiger partial charge in [-0.05, 0) is 24.6 Å². The van der Waals surface area contributed by atoms with E-state index in [1.165, 1.54) is 0 Å². The first-order valence-electron chi connectivity index (χ1n) is 7.03. The Morgan fingerprint density at radius 2 is 2.24 bits per heavy atom. The van der Waals surface area contributed by atoms with Crippen molar-refractivity contribution in [2.24, 2.45) is 0 Å². The van der Waals surface area contributed by atoms with E-state index in [4.69, 9.17) is 0 Å². The summed E-state index contributed by atoms with van der Waals surface area (Å²) in [5.74, 6) is 0.117. The van der Waals surface area contributed by atoms with Crippen molar-refractivity contribution in [1.29, 1.82) is 0 Å². The molecule has 0 fully saturated rings. The molecule has 21 heavy (non-hydrogen) atoms. The van der Waals surface area contributed by atoms with Crippen molar-refractivity contribution in [3.63, 3.8) is 0 Å². The molecule has 0 radical (unpaired) electrons. The molecule has 1 atom stereocenters. The highest BCUT2D eigenvalue weighted by molar-refractivity contribution is 5.53. The van der Waals surface area contributed by atoms with E-state index in [-0.39, 0.29) is 11.5 Å². The van der Waals surface area contributed by atoms with Gasteiger partial charge in [0.2, 0.25) is 0 Å². The topological polar surface area (TPSA) is 57.8 Å². The van der Waals surface area contributed by atoms with E-state index >= 15 is 0 Å². The van der Waals surface area contributed by atoms with Crippen LogP contribution >= 0.6 is 0 Å². The Morgan fingerprint density at radius 1 is 1.29 bits per heavy atom. The number of allylic oxidation sites excluding steroid dienone is 4. The zero-order chi connectivity index (χ0) is 14.5. The lowest BCUT2D eigenvalue weighted by atomic mass is 9.92. The summed E-state index contributed by atoms with van der Waals surface area (Å²) in [6.45, 7) is 0.601. The first-order valence-corrected chi connectivity index (χ1v) is 7.03. The molecule has 4 heteroatoms. The number of aromatic amines is 1. The van der Waals surface area contributed by atoms with E-state index < -0.39 is 0 Å². The maximum absolute atomic E-state index is 12.2. The van der Waals surface area contributed by atoms with Gasteiger partial charge in [0.1, 0.15) is 0 Å². The molecule has 2 aromatic rings. The quantitative estimate of drug-likeness (QED) is 0.904. The standard InChI is InChI=1S/C17H17N3O/c21-17-16(13-6-2-1-3-7-13)15(9-11-19-17)20-12-14-8-4-5-10-18-14/h1-6,8-11,13H,7,12H2,(H2,19,20,21). The minimum Gasteiger partial charge on any atom is -0.379 e. The zero-order valence-corrected chi connectivity index (χ0v) is 11.6. The van der Waals surface area contributed by atoms with E-state index in [1.54, 1.807) is 12.4 Å². The first kappa shape index (κ1) is 13.4. The molecule has 0 spiro atoms. The van der Waals surface area contributed by atoms with Crippen LogP contribution in [-0.2, 0) is 6.54 Å². The highest BCUT2D eigenvalue weighted by Gasteiger charge is 2.16. The van der Waals surface area contributed by atoms with E-state index in [9.17, 15) is 4.79 Å². The Labute approximate surface area is 123 Å². The summed E-state index contributed by atoms with van der Waals surface area (Å²) in [5, 5.41) is 3.33. The van der Waals surface area contributed by atoms with Crippen molar-refractivity contribution < 1.29 is 0 Å². The summed E-state index contributed by atoms with van der Waals surface area (Å²) in [7, 11) is 0. The Bertz CT molecular complexity index is 716. The van der Waals surface area contributed by atoms with E-state index in [2.05, 4.69) is 27.4 Å². The minimum atomic E-state index is -0.0361. The van der Waals surface area contributed by atoms with Crippen molar-refractivity contribution >= 4 is 5.69 Å². The number of H-pyrrole nitrogens is 1. The maximum Gasteiger partial charge on any atom is 0.253 e. The van der Waals surface area contributed by atoms with Crippen LogP contribution in [0.2, 0.25) is 0 Å². The SMILES string of the molecule is O=c1[nH]ccc(NCc2ccccn2)c1C1C=CC=CC1. The second kappa shape index (κ2) is 6.22. The van der Waals surface area contributed by atoms with Crippen molar-refractivity contribution in [1.82, 2.24) is 9.97 Å². The van der Waals surface area contributed by atoms with Gasteiger partial charge in [-0.15, -0.1) is 0 Å². The van der Waals surface area contributed by atoms with Crippen molar-refractivity contribution in [2.75, 3.05) is 5.32 Å². The van der Waals surface area contributed by atoms with Crippen LogP contribution in [0.5, 0.6) is 0 Å². The zero-order valence-electron chi connectivity index (χ0n) is 11.6. The van der Waals surface area contributed by atoms with Crippen LogP contribution in [0.4, 0.5) is 5.69 Å². The van der Waals surface area contributed by atoms with Gasteiger partial charge in [0.05, 0.1) is 12.2 Å². The van der Waals surface area contributed by atoms with Gasteiger partial charge < -0.3 is 10.3 Å². The molecule has 1 aliphatic rings. The second-order valence-electron chi connectivity index (χ2n) is 4.96. The van der Waals surface area contributed by atoms with Gasteiger partial charge >= 0.3 is 0 Å². The summed E-state index contributed by atoms with van der Waals surface area (Å²) < 4.78 is 0. The van der Waals surface area contributed by atoms with Gasteiger partial charge in [-0.2, -0.15) is 0 Å². The molecule has 1 unspecified atom stereocenters. The molecule has 2 heterocycles. The van der Waals surface area contributed by atoms with Crippen LogP contribution < -0.4 is 10.9 Å². The lowest BCUT2D eigenvalue weighted by Gasteiger charge is -2.17. The van der Waals surface area contributed by atoms with Crippen LogP contribution in [0.3, 0.4) is 0 Å². The van der Waals surface area contributed by atoms with Gasteiger partial charge in [0.15, 0.2) is 0 Å². The van der Waals surface area contributed by atoms with Gasteiger partial charge in [-0.25, -0.2) is 0 Å². The monoisotopic (exact) mass is 279 g/mol. The number of nitrogens with one attached hydrogen (secondary N) is 2. The molecule has 4 nitrogen and oxygen atoms in total. The molecule has 0 aliphatic heterocycles. The molecule has 0 saturated carbocycles. The normalized spacial score (nSPS) is 16.9. The third kappa shape index (κ3) is 3.11. The Balaban J connectivity index is 1.85. The van der Waals surface area contributed by atoms with Crippen molar-refractivity contribution in [2.45, 2.75) is 18.9 Å². The smallest absolute Gasteiger partial charge is 0.253 e. The fourth-order valence-electron chi connectivity index (χ4n) is 2.50. The Kier molecular flexibility index (Phi) is 3.96. The van der Waals surface area contributed by atoms with Crippen LogP contribution in [0.15, 0.2) is 65.8 Å². The number of hydrogen-bond donors (Lipinski definition) is 2. The fourth-order valence-corrected chi connectivity index (χ4v) is 2.50.